The Kier molecular flexibility index (Phi) is 1.99. The summed E-state index contributed by atoms with van der Waals surface area (Å²) in [5.74, 6) is 0.913. The fraction of sp³-hybridized carbons (Fsp3) is 0.308. The van der Waals surface area contributed by atoms with Gasteiger partial charge in [0.25, 0.3) is 0 Å². The minimum atomic E-state index is 0.913. The minimum absolute atomic E-state index is 0.913. The van der Waals surface area contributed by atoms with E-state index in [0.717, 1.165) is 18.6 Å². The second-order valence-corrected chi connectivity index (χ2v) is 4.06. The van der Waals surface area contributed by atoms with Crippen molar-refractivity contribution < 1.29 is 4.74 Å². The van der Waals surface area contributed by atoms with Gasteiger partial charge in [0.05, 0.1) is 18.5 Å². The number of H-pyrrole nitrogens is 1. The predicted octanol–water partition coefficient (Wildman–Crippen LogP) is 2.54. The molecule has 16 heavy (non-hydrogen) atoms. The van der Waals surface area contributed by atoms with Gasteiger partial charge in [-0.1, -0.05) is 0 Å². The number of nitrogens with one attached hydrogen (secondary N) is 1. The van der Waals surface area contributed by atoms with Gasteiger partial charge in [0.15, 0.2) is 0 Å². The van der Waals surface area contributed by atoms with Gasteiger partial charge < -0.3 is 9.72 Å². The molecule has 3 heteroatoms. The van der Waals surface area contributed by atoms with Crippen LogP contribution in [0.2, 0.25) is 0 Å². The Labute approximate surface area is 94.1 Å². The van der Waals surface area contributed by atoms with Gasteiger partial charge in [0.2, 0.25) is 0 Å². The smallest absolute Gasteiger partial charge is 0.119 e. The number of ether oxygens (including phenoxy) is 1. The monoisotopic (exact) mass is 214 g/mol. The van der Waals surface area contributed by atoms with Crippen molar-refractivity contribution in [2.75, 3.05) is 14.2 Å². The lowest BCUT2D eigenvalue weighted by Gasteiger charge is -1.99. The van der Waals surface area contributed by atoms with Crippen molar-refractivity contribution in [3.05, 3.63) is 29.5 Å². The Morgan fingerprint density at radius 2 is 2.19 bits per heavy atom. The highest BCUT2D eigenvalue weighted by atomic mass is 16.5. The van der Waals surface area contributed by atoms with Crippen LogP contribution in [0.15, 0.2) is 23.2 Å². The second kappa shape index (κ2) is 3.37. The zero-order valence-corrected chi connectivity index (χ0v) is 9.50. The highest BCUT2D eigenvalue weighted by molar-refractivity contribution is 6.08. The number of aryl methyl sites for hydroxylation is 1. The van der Waals surface area contributed by atoms with Gasteiger partial charge in [-0.15, -0.1) is 0 Å². The van der Waals surface area contributed by atoms with Crippen LogP contribution in [0.5, 0.6) is 5.75 Å². The van der Waals surface area contributed by atoms with E-state index in [2.05, 4.69) is 22.1 Å². The maximum absolute atomic E-state index is 5.26. The number of benzene rings is 1. The molecule has 0 saturated carbocycles. The van der Waals surface area contributed by atoms with Crippen LogP contribution < -0.4 is 4.74 Å². The lowest BCUT2D eigenvalue weighted by atomic mass is 10.1. The Morgan fingerprint density at radius 3 is 2.94 bits per heavy atom. The van der Waals surface area contributed by atoms with Crippen LogP contribution in [0.3, 0.4) is 0 Å². The molecule has 1 aliphatic rings. The van der Waals surface area contributed by atoms with Crippen molar-refractivity contribution >= 4 is 16.6 Å². The first-order valence-corrected chi connectivity index (χ1v) is 5.48. The zero-order valence-electron chi connectivity index (χ0n) is 9.50. The van der Waals surface area contributed by atoms with E-state index in [1.807, 2.05) is 13.1 Å². The highest BCUT2D eigenvalue weighted by Crippen LogP contribution is 2.32. The molecule has 1 aliphatic carbocycles. The van der Waals surface area contributed by atoms with E-state index < -0.39 is 0 Å². The Hall–Kier alpha value is -1.77. The third kappa shape index (κ3) is 1.18. The molecule has 0 spiro atoms. The first-order chi connectivity index (χ1) is 7.83. The topological polar surface area (TPSA) is 37.4 Å². The summed E-state index contributed by atoms with van der Waals surface area (Å²) in [4.78, 5) is 7.76. The Balaban J connectivity index is 2.28. The van der Waals surface area contributed by atoms with E-state index in [4.69, 9.17) is 4.74 Å². The molecule has 0 unspecified atom stereocenters. The molecule has 0 radical (unpaired) electrons. The molecule has 0 saturated heterocycles. The normalized spacial score (nSPS) is 17.0. The summed E-state index contributed by atoms with van der Waals surface area (Å²) in [6.07, 6.45) is 2.12. The molecular formula is C13H14N2O. The minimum Gasteiger partial charge on any atom is -0.497 e. The summed E-state index contributed by atoms with van der Waals surface area (Å²) in [5, 5.41) is 1.27. The average Bonchev–Trinajstić information content (AvgIpc) is 2.86. The first kappa shape index (κ1) is 9.46. The van der Waals surface area contributed by atoms with Gasteiger partial charge in [-0.05, 0) is 36.6 Å². The molecule has 0 aliphatic heterocycles. The van der Waals surface area contributed by atoms with Gasteiger partial charge in [0, 0.05) is 18.0 Å². The third-order valence-electron chi connectivity index (χ3n) is 3.28. The molecule has 82 valence electrons. The van der Waals surface area contributed by atoms with Crippen LogP contribution in [0, 0.1) is 0 Å². The number of aromatic nitrogens is 1. The van der Waals surface area contributed by atoms with Crippen molar-refractivity contribution in [3.63, 3.8) is 0 Å². The molecule has 0 bridgehead atoms. The molecule has 1 N–H and O–H groups in total. The quantitative estimate of drug-likeness (QED) is 0.778. The van der Waals surface area contributed by atoms with Gasteiger partial charge in [-0.25, -0.2) is 0 Å². The molecular weight excluding hydrogens is 200 g/mol. The number of aliphatic imine (C=N–C) groups is 1. The molecule has 0 atom stereocenters. The molecule has 3 nitrogen and oxygen atoms in total. The van der Waals surface area contributed by atoms with E-state index in [1.165, 1.54) is 27.9 Å². The summed E-state index contributed by atoms with van der Waals surface area (Å²) in [7, 11) is 3.56. The Morgan fingerprint density at radius 1 is 1.31 bits per heavy atom. The van der Waals surface area contributed by atoms with Crippen molar-refractivity contribution in [3.8, 4) is 5.75 Å². The van der Waals surface area contributed by atoms with E-state index in [0.29, 0.717) is 0 Å². The van der Waals surface area contributed by atoms with E-state index in [-0.39, 0.29) is 0 Å². The number of rotatable bonds is 1. The summed E-state index contributed by atoms with van der Waals surface area (Å²) >= 11 is 0. The highest BCUT2D eigenvalue weighted by Gasteiger charge is 2.22. The Bertz CT molecular complexity index is 581. The average molecular weight is 214 g/mol. The van der Waals surface area contributed by atoms with E-state index >= 15 is 0 Å². The molecule has 1 aromatic heterocycles. The van der Waals surface area contributed by atoms with Gasteiger partial charge in [-0.3, -0.25) is 4.99 Å². The molecule has 0 fully saturated rings. The number of fused-ring (bicyclic) bond motifs is 3. The standard InChI is InChI=1S/C13H14N2O/c1-14-12-6-4-9-10-7-8(16-2)3-5-11(10)15-13(9)12/h3,5,7,15H,4,6H2,1-2H3. The lowest BCUT2D eigenvalue weighted by Crippen LogP contribution is -1.94. The second-order valence-electron chi connectivity index (χ2n) is 4.06. The van der Waals surface area contributed by atoms with Crippen molar-refractivity contribution in [1.29, 1.82) is 0 Å². The zero-order chi connectivity index (χ0) is 11.1. The summed E-state index contributed by atoms with van der Waals surface area (Å²) < 4.78 is 5.26. The van der Waals surface area contributed by atoms with Gasteiger partial charge in [0.1, 0.15) is 5.75 Å². The van der Waals surface area contributed by atoms with Gasteiger partial charge in [-0.2, -0.15) is 0 Å². The molecule has 2 aromatic rings. The number of nitrogens with zero attached hydrogens (tertiary/aromatic N) is 1. The fourth-order valence-corrected chi connectivity index (χ4v) is 2.45. The third-order valence-corrected chi connectivity index (χ3v) is 3.28. The summed E-state index contributed by atoms with van der Waals surface area (Å²) in [6, 6.07) is 6.15. The molecule has 0 amide bonds. The van der Waals surface area contributed by atoms with Crippen molar-refractivity contribution in [2.45, 2.75) is 12.8 Å². The van der Waals surface area contributed by atoms with Crippen LogP contribution in [0.25, 0.3) is 10.9 Å². The van der Waals surface area contributed by atoms with Crippen LogP contribution in [0.1, 0.15) is 17.7 Å². The first-order valence-electron chi connectivity index (χ1n) is 5.48. The molecule has 3 rings (SSSR count). The van der Waals surface area contributed by atoms with Crippen LogP contribution in [0.4, 0.5) is 0 Å². The predicted molar refractivity (Wildman–Crippen MR) is 65.6 cm³/mol. The summed E-state index contributed by atoms with van der Waals surface area (Å²) in [5.41, 5.74) is 4.96. The van der Waals surface area contributed by atoms with E-state index in [1.54, 1.807) is 7.11 Å². The maximum Gasteiger partial charge on any atom is 0.119 e. The van der Waals surface area contributed by atoms with Crippen LogP contribution in [-0.2, 0) is 6.42 Å². The van der Waals surface area contributed by atoms with Crippen molar-refractivity contribution in [2.24, 2.45) is 4.99 Å². The van der Waals surface area contributed by atoms with Crippen molar-refractivity contribution in [1.82, 2.24) is 4.98 Å². The number of methoxy groups -OCH3 is 1. The van der Waals surface area contributed by atoms with Crippen LogP contribution in [-0.4, -0.2) is 24.9 Å². The number of aromatic amines is 1. The summed E-state index contributed by atoms with van der Waals surface area (Å²) in [6.45, 7) is 0. The van der Waals surface area contributed by atoms with Gasteiger partial charge >= 0.3 is 0 Å². The molecule has 1 aromatic carbocycles. The molecule has 1 heterocycles. The SMILES string of the molecule is CN=C1CCc2c1[nH]c1ccc(OC)cc21. The maximum atomic E-state index is 5.26. The fourth-order valence-electron chi connectivity index (χ4n) is 2.45. The number of hydrogen-bond acceptors (Lipinski definition) is 2. The largest absolute Gasteiger partial charge is 0.497 e. The van der Waals surface area contributed by atoms with E-state index in [9.17, 15) is 0 Å². The van der Waals surface area contributed by atoms with Crippen LogP contribution >= 0.6 is 0 Å². The lowest BCUT2D eigenvalue weighted by molar-refractivity contribution is 0.415. The number of hydrogen-bond donors (Lipinski definition) is 1.